The number of carbonyl (C=O) groups excluding carboxylic acids is 3. The van der Waals surface area contributed by atoms with E-state index >= 15 is 0 Å². The van der Waals surface area contributed by atoms with Crippen LogP contribution in [0.3, 0.4) is 0 Å². The second-order valence-electron chi connectivity index (χ2n) is 7.52. The Labute approximate surface area is 177 Å². The Morgan fingerprint density at radius 2 is 1.80 bits per heavy atom. The summed E-state index contributed by atoms with van der Waals surface area (Å²) in [7, 11) is 0. The molecule has 1 aliphatic rings. The molecule has 3 amide bonds. The highest BCUT2D eigenvalue weighted by atomic mass is 16.2. The van der Waals surface area contributed by atoms with Crippen LogP contribution < -0.4 is 5.32 Å². The molecule has 0 aliphatic carbocycles. The van der Waals surface area contributed by atoms with Crippen LogP contribution in [0.4, 0.5) is 5.69 Å². The minimum absolute atomic E-state index is 0.0107. The average Bonchev–Trinajstić information content (AvgIpc) is 3.14. The summed E-state index contributed by atoms with van der Waals surface area (Å²) in [5, 5.41) is 2.88. The molecule has 1 N–H and O–H groups in total. The average molecular weight is 408 g/mol. The molecule has 1 heterocycles. The van der Waals surface area contributed by atoms with Gasteiger partial charge in [0, 0.05) is 43.9 Å². The minimum Gasteiger partial charge on any atom is -0.342 e. The van der Waals surface area contributed by atoms with Gasteiger partial charge in [-0.05, 0) is 44.0 Å². The molecule has 6 heteroatoms. The first-order chi connectivity index (χ1) is 14.5. The van der Waals surface area contributed by atoms with E-state index in [1.54, 1.807) is 34.1 Å². The van der Waals surface area contributed by atoms with Gasteiger partial charge in [-0.1, -0.05) is 36.4 Å². The second-order valence-corrected chi connectivity index (χ2v) is 7.52. The third-order valence-corrected chi connectivity index (χ3v) is 5.53. The smallest absolute Gasteiger partial charge is 0.253 e. The number of carbonyl (C=O) groups is 3. The molecule has 0 aromatic heterocycles. The van der Waals surface area contributed by atoms with Crippen LogP contribution in [0.5, 0.6) is 0 Å². The van der Waals surface area contributed by atoms with E-state index in [0.717, 1.165) is 6.42 Å². The summed E-state index contributed by atoms with van der Waals surface area (Å²) in [6.07, 6.45) is 0.995. The van der Waals surface area contributed by atoms with Crippen LogP contribution in [0.1, 0.15) is 36.2 Å². The molecule has 1 aliphatic heterocycles. The van der Waals surface area contributed by atoms with Crippen LogP contribution in [-0.4, -0.2) is 53.7 Å². The van der Waals surface area contributed by atoms with Gasteiger partial charge in [0.2, 0.25) is 11.8 Å². The Balaban J connectivity index is 1.58. The molecule has 6 nitrogen and oxygen atoms in total. The van der Waals surface area contributed by atoms with E-state index in [-0.39, 0.29) is 30.1 Å². The summed E-state index contributed by atoms with van der Waals surface area (Å²) in [5.41, 5.74) is 2.30. The van der Waals surface area contributed by atoms with Crippen molar-refractivity contribution in [2.24, 2.45) is 5.92 Å². The molecule has 1 saturated heterocycles. The van der Waals surface area contributed by atoms with Gasteiger partial charge in [-0.25, -0.2) is 0 Å². The lowest BCUT2D eigenvalue weighted by molar-refractivity contribution is -0.128. The number of hydrogen-bond donors (Lipinski definition) is 1. The van der Waals surface area contributed by atoms with Gasteiger partial charge < -0.3 is 15.1 Å². The zero-order valence-electron chi connectivity index (χ0n) is 17.6. The van der Waals surface area contributed by atoms with E-state index in [1.165, 1.54) is 5.56 Å². The van der Waals surface area contributed by atoms with Gasteiger partial charge in [0.25, 0.3) is 5.91 Å². The van der Waals surface area contributed by atoms with Crippen molar-refractivity contribution in [3.05, 3.63) is 65.7 Å². The topological polar surface area (TPSA) is 69.7 Å². The summed E-state index contributed by atoms with van der Waals surface area (Å²) in [6.45, 7) is 6.18. The lowest BCUT2D eigenvalue weighted by Crippen LogP contribution is -2.31. The van der Waals surface area contributed by atoms with Crippen LogP contribution in [0.15, 0.2) is 54.6 Å². The monoisotopic (exact) mass is 407 g/mol. The third-order valence-electron chi connectivity index (χ3n) is 5.53. The van der Waals surface area contributed by atoms with E-state index in [2.05, 4.69) is 5.32 Å². The Morgan fingerprint density at radius 1 is 1.07 bits per heavy atom. The molecule has 0 unspecified atom stereocenters. The third kappa shape index (κ3) is 5.26. The molecular formula is C24H29N3O3. The van der Waals surface area contributed by atoms with Crippen LogP contribution in [0, 0.1) is 5.92 Å². The molecule has 1 atom stereocenters. The number of nitrogens with one attached hydrogen (secondary N) is 1. The maximum atomic E-state index is 12.7. The SMILES string of the molecule is CCN(CC)C(=O)c1cccc(NC(=O)[C@@H]2CC(=O)N(CCc3ccccc3)C2)c1. The van der Waals surface area contributed by atoms with Crippen molar-refractivity contribution in [2.75, 3.05) is 31.5 Å². The number of likely N-dealkylation sites (tertiary alicyclic amines) is 1. The molecule has 3 rings (SSSR count). The molecule has 0 spiro atoms. The maximum Gasteiger partial charge on any atom is 0.253 e. The Bertz CT molecular complexity index is 894. The van der Waals surface area contributed by atoms with E-state index in [4.69, 9.17) is 0 Å². The van der Waals surface area contributed by atoms with Crippen molar-refractivity contribution in [3.8, 4) is 0 Å². The van der Waals surface area contributed by atoms with Crippen molar-refractivity contribution in [2.45, 2.75) is 26.7 Å². The fourth-order valence-corrected chi connectivity index (χ4v) is 3.74. The predicted octanol–water partition coefficient (Wildman–Crippen LogP) is 3.20. The van der Waals surface area contributed by atoms with Crippen molar-refractivity contribution in [3.63, 3.8) is 0 Å². The summed E-state index contributed by atoms with van der Waals surface area (Å²) in [6, 6.07) is 17.0. The van der Waals surface area contributed by atoms with Crippen molar-refractivity contribution < 1.29 is 14.4 Å². The van der Waals surface area contributed by atoms with Crippen LogP contribution in [-0.2, 0) is 16.0 Å². The Kier molecular flexibility index (Phi) is 7.22. The zero-order valence-corrected chi connectivity index (χ0v) is 17.6. The number of amides is 3. The summed E-state index contributed by atoms with van der Waals surface area (Å²) < 4.78 is 0. The fraction of sp³-hybridized carbons (Fsp3) is 0.375. The minimum atomic E-state index is -0.379. The Hall–Kier alpha value is -3.15. The van der Waals surface area contributed by atoms with Crippen LogP contribution in [0.25, 0.3) is 0 Å². The lowest BCUT2D eigenvalue weighted by atomic mass is 10.1. The van der Waals surface area contributed by atoms with Gasteiger partial charge in [0.05, 0.1) is 5.92 Å². The number of nitrogens with zero attached hydrogens (tertiary/aromatic N) is 2. The number of rotatable bonds is 8. The van der Waals surface area contributed by atoms with Crippen molar-refractivity contribution >= 4 is 23.4 Å². The molecule has 0 saturated carbocycles. The first-order valence-corrected chi connectivity index (χ1v) is 10.5. The van der Waals surface area contributed by atoms with Crippen molar-refractivity contribution in [1.82, 2.24) is 9.80 Å². The van der Waals surface area contributed by atoms with E-state index in [0.29, 0.717) is 37.4 Å². The molecule has 0 bridgehead atoms. The number of benzene rings is 2. The summed E-state index contributed by atoms with van der Waals surface area (Å²) in [5.74, 6) is -0.607. The van der Waals surface area contributed by atoms with Gasteiger partial charge in [0.1, 0.15) is 0 Å². The standard InChI is InChI=1S/C24H29N3O3/c1-3-26(4-2)24(30)19-11-8-12-21(15-19)25-23(29)20-16-22(28)27(17-20)14-13-18-9-6-5-7-10-18/h5-12,15,20H,3-4,13-14,16-17H2,1-2H3,(H,25,29)/t20-/m1/s1. The lowest BCUT2D eigenvalue weighted by Gasteiger charge is -2.19. The molecule has 30 heavy (non-hydrogen) atoms. The first kappa shape index (κ1) is 21.6. The largest absolute Gasteiger partial charge is 0.342 e. The fourth-order valence-electron chi connectivity index (χ4n) is 3.74. The molecular weight excluding hydrogens is 378 g/mol. The molecule has 2 aromatic rings. The summed E-state index contributed by atoms with van der Waals surface area (Å²) in [4.78, 5) is 41.1. The molecule has 2 aromatic carbocycles. The normalized spacial score (nSPS) is 15.9. The predicted molar refractivity (Wildman–Crippen MR) is 117 cm³/mol. The van der Waals surface area contributed by atoms with Gasteiger partial charge in [-0.3, -0.25) is 14.4 Å². The molecule has 1 fully saturated rings. The zero-order chi connectivity index (χ0) is 21.5. The highest BCUT2D eigenvalue weighted by Crippen LogP contribution is 2.21. The van der Waals surface area contributed by atoms with E-state index in [9.17, 15) is 14.4 Å². The number of anilines is 1. The van der Waals surface area contributed by atoms with E-state index in [1.807, 2.05) is 44.2 Å². The van der Waals surface area contributed by atoms with E-state index < -0.39 is 0 Å². The number of hydrogen-bond acceptors (Lipinski definition) is 3. The van der Waals surface area contributed by atoms with Crippen LogP contribution >= 0.6 is 0 Å². The van der Waals surface area contributed by atoms with Gasteiger partial charge in [-0.2, -0.15) is 0 Å². The maximum absolute atomic E-state index is 12.7. The highest BCUT2D eigenvalue weighted by molar-refractivity contribution is 5.99. The van der Waals surface area contributed by atoms with Crippen LogP contribution in [0.2, 0.25) is 0 Å². The van der Waals surface area contributed by atoms with Gasteiger partial charge in [-0.15, -0.1) is 0 Å². The summed E-state index contributed by atoms with van der Waals surface area (Å²) >= 11 is 0. The second kappa shape index (κ2) is 10.1. The van der Waals surface area contributed by atoms with Gasteiger partial charge >= 0.3 is 0 Å². The highest BCUT2D eigenvalue weighted by Gasteiger charge is 2.34. The molecule has 158 valence electrons. The van der Waals surface area contributed by atoms with Gasteiger partial charge in [0.15, 0.2) is 0 Å². The molecule has 0 radical (unpaired) electrons. The first-order valence-electron chi connectivity index (χ1n) is 10.5. The Morgan fingerprint density at radius 3 is 2.50 bits per heavy atom. The van der Waals surface area contributed by atoms with Crippen molar-refractivity contribution in [1.29, 1.82) is 0 Å². The quantitative estimate of drug-likeness (QED) is 0.731.